The summed E-state index contributed by atoms with van der Waals surface area (Å²) in [6.45, 7) is 9.23. The molecule has 0 unspecified atom stereocenters. The highest BCUT2D eigenvalue weighted by atomic mass is 127. The van der Waals surface area contributed by atoms with Crippen molar-refractivity contribution in [1.82, 2.24) is 10.2 Å². The lowest BCUT2D eigenvalue weighted by Crippen LogP contribution is -2.45. The van der Waals surface area contributed by atoms with Crippen LogP contribution in [0.25, 0.3) is 0 Å². The van der Waals surface area contributed by atoms with Gasteiger partial charge in [-0.15, -0.1) is 24.8 Å². The van der Waals surface area contributed by atoms with Crippen LogP contribution in [0.3, 0.4) is 0 Å². The zero-order valence-corrected chi connectivity index (χ0v) is 15.9. The van der Waals surface area contributed by atoms with Crippen molar-refractivity contribution >= 4 is 47.4 Å². The smallest absolute Gasteiger partial charge is 0.0352 e. The summed E-state index contributed by atoms with van der Waals surface area (Å²) in [6, 6.07) is 9.58. The molecule has 0 radical (unpaired) electrons. The van der Waals surface area contributed by atoms with Gasteiger partial charge in [0.2, 0.25) is 0 Å². The van der Waals surface area contributed by atoms with Crippen LogP contribution in [-0.2, 0) is 0 Å². The Kier molecular flexibility index (Phi) is 10.5. The lowest BCUT2D eigenvalue weighted by Gasteiger charge is -2.36. The molecule has 1 aromatic carbocycles. The molecule has 1 saturated heterocycles. The van der Waals surface area contributed by atoms with Gasteiger partial charge in [0.15, 0.2) is 0 Å². The van der Waals surface area contributed by atoms with E-state index in [4.69, 9.17) is 0 Å². The maximum atomic E-state index is 3.44. The fourth-order valence-electron chi connectivity index (χ4n) is 2.65. The quantitative estimate of drug-likeness (QED) is 0.722. The number of halogens is 3. The normalized spacial score (nSPS) is 17.2. The Bertz CT molecular complexity index is 382. The van der Waals surface area contributed by atoms with Gasteiger partial charge in [-0.3, -0.25) is 4.90 Å². The van der Waals surface area contributed by atoms with Crippen molar-refractivity contribution in [3.63, 3.8) is 0 Å². The van der Waals surface area contributed by atoms with Crippen molar-refractivity contribution in [3.8, 4) is 0 Å². The highest BCUT2D eigenvalue weighted by Gasteiger charge is 2.22. The zero-order chi connectivity index (χ0) is 13.0. The number of benzene rings is 1. The molecule has 0 amide bonds. The Morgan fingerprint density at radius 2 is 1.85 bits per heavy atom. The molecule has 0 saturated carbocycles. The van der Waals surface area contributed by atoms with Crippen LogP contribution < -0.4 is 5.32 Å². The number of nitrogens with zero attached hydrogens (tertiary/aromatic N) is 1. The first-order chi connectivity index (χ1) is 8.66. The van der Waals surface area contributed by atoms with Crippen molar-refractivity contribution in [2.45, 2.75) is 26.3 Å². The second-order valence-corrected chi connectivity index (χ2v) is 6.73. The fraction of sp³-hybridized carbons (Fsp3) is 0.600. The van der Waals surface area contributed by atoms with Gasteiger partial charge in [-0.05, 0) is 52.6 Å². The molecular formula is C15H25Cl2IN2. The minimum Gasteiger partial charge on any atom is -0.314 e. The largest absolute Gasteiger partial charge is 0.314 e. The van der Waals surface area contributed by atoms with Crippen LogP contribution in [0.15, 0.2) is 24.3 Å². The van der Waals surface area contributed by atoms with Gasteiger partial charge in [0.05, 0.1) is 0 Å². The number of nitrogens with one attached hydrogen (secondary N) is 1. The van der Waals surface area contributed by atoms with E-state index in [0.29, 0.717) is 6.04 Å². The second-order valence-electron chi connectivity index (χ2n) is 5.49. The van der Waals surface area contributed by atoms with E-state index in [2.05, 4.69) is 70.9 Å². The average molecular weight is 431 g/mol. The van der Waals surface area contributed by atoms with Gasteiger partial charge in [0, 0.05) is 35.8 Å². The molecule has 2 nitrogen and oxygen atoms in total. The van der Waals surface area contributed by atoms with Crippen LogP contribution in [0.1, 0.15) is 31.9 Å². The standard InChI is InChI=1S/C15H23IN2.2ClH/c1-12(2)10-15(18-8-6-17-7-9-18)13-4-3-5-14(16)11-13;;/h3-5,11-12,15,17H,6-10H2,1-2H3;2*1H/t15-;;/m0../s1. The molecule has 1 N–H and O–H groups in total. The van der Waals surface area contributed by atoms with E-state index in [-0.39, 0.29) is 24.8 Å². The maximum absolute atomic E-state index is 3.44. The van der Waals surface area contributed by atoms with Crippen molar-refractivity contribution in [1.29, 1.82) is 0 Å². The molecule has 1 aliphatic rings. The predicted molar refractivity (Wildman–Crippen MR) is 100 cm³/mol. The molecule has 0 spiro atoms. The maximum Gasteiger partial charge on any atom is 0.0352 e. The third-order valence-electron chi connectivity index (χ3n) is 3.52. The first kappa shape index (κ1) is 20.5. The van der Waals surface area contributed by atoms with E-state index in [9.17, 15) is 0 Å². The third kappa shape index (κ3) is 6.06. The summed E-state index contributed by atoms with van der Waals surface area (Å²) in [5.41, 5.74) is 1.48. The van der Waals surface area contributed by atoms with Crippen LogP contribution in [0, 0.1) is 9.49 Å². The van der Waals surface area contributed by atoms with Crippen LogP contribution in [0.5, 0.6) is 0 Å². The minimum atomic E-state index is 0. The highest BCUT2D eigenvalue weighted by Crippen LogP contribution is 2.28. The monoisotopic (exact) mass is 430 g/mol. The van der Waals surface area contributed by atoms with E-state index in [1.165, 1.54) is 28.6 Å². The van der Waals surface area contributed by atoms with E-state index in [1.807, 2.05) is 0 Å². The van der Waals surface area contributed by atoms with Crippen molar-refractivity contribution in [2.75, 3.05) is 26.2 Å². The number of piperazine rings is 1. The third-order valence-corrected chi connectivity index (χ3v) is 4.19. The number of hydrogen-bond acceptors (Lipinski definition) is 2. The van der Waals surface area contributed by atoms with Crippen LogP contribution in [0.2, 0.25) is 0 Å². The highest BCUT2D eigenvalue weighted by molar-refractivity contribution is 14.1. The summed E-state index contributed by atoms with van der Waals surface area (Å²) >= 11 is 2.41. The molecular weight excluding hydrogens is 406 g/mol. The molecule has 1 aromatic rings. The van der Waals surface area contributed by atoms with Gasteiger partial charge in [0.1, 0.15) is 0 Å². The molecule has 1 heterocycles. The van der Waals surface area contributed by atoms with Gasteiger partial charge in [-0.1, -0.05) is 26.0 Å². The van der Waals surface area contributed by atoms with Gasteiger partial charge < -0.3 is 5.32 Å². The minimum absolute atomic E-state index is 0. The molecule has 20 heavy (non-hydrogen) atoms. The summed E-state index contributed by atoms with van der Waals surface area (Å²) in [7, 11) is 0. The first-order valence-electron chi connectivity index (χ1n) is 6.87. The average Bonchev–Trinajstić information content (AvgIpc) is 2.37. The summed E-state index contributed by atoms with van der Waals surface area (Å²) in [5, 5.41) is 3.44. The van der Waals surface area contributed by atoms with Gasteiger partial charge in [0.25, 0.3) is 0 Å². The van der Waals surface area contributed by atoms with Crippen LogP contribution >= 0.6 is 47.4 Å². The lowest BCUT2D eigenvalue weighted by atomic mass is 9.95. The molecule has 5 heteroatoms. The SMILES string of the molecule is CC(C)C[C@@H](c1cccc(I)c1)N1CCNCC1.Cl.Cl. The predicted octanol–water partition coefficient (Wildman–Crippen LogP) is 4.13. The summed E-state index contributed by atoms with van der Waals surface area (Å²) in [6.07, 6.45) is 1.25. The van der Waals surface area contributed by atoms with Crippen LogP contribution in [-0.4, -0.2) is 31.1 Å². The molecule has 116 valence electrons. The second kappa shape index (κ2) is 10.2. The first-order valence-corrected chi connectivity index (χ1v) is 7.95. The van der Waals surface area contributed by atoms with Crippen molar-refractivity contribution in [2.24, 2.45) is 5.92 Å². The summed E-state index contributed by atoms with van der Waals surface area (Å²) < 4.78 is 1.34. The van der Waals surface area contributed by atoms with Crippen LogP contribution in [0.4, 0.5) is 0 Å². The van der Waals surface area contributed by atoms with E-state index < -0.39 is 0 Å². The molecule has 2 rings (SSSR count). The Morgan fingerprint density at radius 3 is 2.40 bits per heavy atom. The Hall–Kier alpha value is 0.450. The Balaban J connectivity index is 0.00000180. The molecule has 0 aliphatic carbocycles. The summed E-state index contributed by atoms with van der Waals surface area (Å²) in [4.78, 5) is 2.64. The van der Waals surface area contributed by atoms with Crippen molar-refractivity contribution < 1.29 is 0 Å². The molecule has 1 fully saturated rings. The summed E-state index contributed by atoms with van der Waals surface area (Å²) in [5.74, 6) is 0.739. The van der Waals surface area contributed by atoms with E-state index in [1.54, 1.807) is 0 Å². The van der Waals surface area contributed by atoms with E-state index >= 15 is 0 Å². The van der Waals surface area contributed by atoms with Gasteiger partial charge in [-0.25, -0.2) is 0 Å². The van der Waals surface area contributed by atoms with Gasteiger partial charge >= 0.3 is 0 Å². The van der Waals surface area contributed by atoms with Gasteiger partial charge in [-0.2, -0.15) is 0 Å². The number of hydrogen-bond donors (Lipinski definition) is 1. The van der Waals surface area contributed by atoms with E-state index in [0.717, 1.165) is 19.0 Å². The Labute approximate surface area is 149 Å². The lowest BCUT2D eigenvalue weighted by molar-refractivity contribution is 0.154. The zero-order valence-electron chi connectivity index (χ0n) is 12.1. The molecule has 0 bridgehead atoms. The fourth-order valence-corrected chi connectivity index (χ4v) is 3.22. The number of rotatable bonds is 4. The Morgan fingerprint density at radius 1 is 1.20 bits per heavy atom. The van der Waals surface area contributed by atoms with Crippen molar-refractivity contribution in [3.05, 3.63) is 33.4 Å². The molecule has 1 atom stereocenters. The molecule has 1 aliphatic heterocycles. The topological polar surface area (TPSA) is 15.3 Å². The molecule has 0 aromatic heterocycles.